The van der Waals surface area contributed by atoms with Crippen LogP contribution in [0, 0.1) is 11.6 Å². The summed E-state index contributed by atoms with van der Waals surface area (Å²) in [6.45, 7) is 0. The van der Waals surface area contributed by atoms with E-state index < -0.39 is 27.4 Å². The molecule has 0 aliphatic heterocycles. The standard InChI is InChI=1S/C13H12F2N2O2S/c14-10-5-6-13(11(15)7-10)17-20(18,19)8-9-3-1-2-4-12(9)16/h1-7,17H,8,16H2. The fourth-order valence-corrected chi connectivity index (χ4v) is 2.89. The van der Waals surface area contributed by atoms with Crippen molar-refractivity contribution in [1.82, 2.24) is 0 Å². The summed E-state index contributed by atoms with van der Waals surface area (Å²) in [5.41, 5.74) is 6.09. The van der Waals surface area contributed by atoms with Crippen LogP contribution in [0.25, 0.3) is 0 Å². The minimum absolute atomic E-state index is 0.305. The molecule has 0 aliphatic rings. The van der Waals surface area contributed by atoms with Crippen LogP contribution in [0.2, 0.25) is 0 Å². The predicted octanol–water partition coefficient (Wildman–Crippen LogP) is 2.49. The zero-order valence-corrected chi connectivity index (χ0v) is 11.1. The number of halogens is 2. The van der Waals surface area contributed by atoms with E-state index in [1.54, 1.807) is 24.3 Å². The summed E-state index contributed by atoms with van der Waals surface area (Å²) in [5.74, 6) is -2.15. The van der Waals surface area contributed by atoms with Crippen LogP contribution in [-0.4, -0.2) is 8.42 Å². The van der Waals surface area contributed by atoms with Crippen molar-refractivity contribution >= 4 is 21.4 Å². The molecule has 20 heavy (non-hydrogen) atoms. The molecule has 2 rings (SSSR count). The van der Waals surface area contributed by atoms with Gasteiger partial charge in [-0.15, -0.1) is 0 Å². The summed E-state index contributed by atoms with van der Waals surface area (Å²) in [5, 5.41) is 0. The van der Waals surface area contributed by atoms with E-state index in [4.69, 9.17) is 5.73 Å². The summed E-state index contributed by atoms with van der Waals surface area (Å²) in [6, 6.07) is 9.07. The van der Waals surface area contributed by atoms with Crippen LogP contribution in [0.1, 0.15) is 5.56 Å². The Balaban J connectivity index is 2.22. The highest BCUT2D eigenvalue weighted by Gasteiger charge is 2.15. The molecule has 3 N–H and O–H groups in total. The van der Waals surface area contributed by atoms with Gasteiger partial charge in [-0.1, -0.05) is 18.2 Å². The van der Waals surface area contributed by atoms with Crippen LogP contribution < -0.4 is 10.5 Å². The van der Waals surface area contributed by atoms with E-state index in [0.29, 0.717) is 17.3 Å². The van der Waals surface area contributed by atoms with E-state index in [1.807, 2.05) is 0 Å². The number of nitrogens with one attached hydrogen (secondary N) is 1. The largest absolute Gasteiger partial charge is 0.398 e. The summed E-state index contributed by atoms with van der Waals surface area (Å²) in [4.78, 5) is 0. The van der Waals surface area contributed by atoms with Gasteiger partial charge in [-0.05, 0) is 23.8 Å². The fourth-order valence-electron chi connectivity index (χ4n) is 1.65. The maximum atomic E-state index is 13.4. The summed E-state index contributed by atoms with van der Waals surface area (Å²) >= 11 is 0. The van der Waals surface area contributed by atoms with E-state index in [1.165, 1.54) is 0 Å². The average Bonchev–Trinajstić information content (AvgIpc) is 2.35. The summed E-state index contributed by atoms with van der Waals surface area (Å²) in [6.07, 6.45) is 0. The van der Waals surface area contributed by atoms with Crippen LogP contribution >= 0.6 is 0 Å². The average molecular weight is 298 g/mol. The first-order valence-corrected chi connectivity index (χ1v) is 7.31. The van der Waals surface area contributed by atoms with Gasteiger partial charge in [-0.2, -0.15) is 0 Å². The molecule has 0 spiro atoms. The quantitative estimate of drug-likeness (QED) is 0.852. The maximum Gasteiger partial charge on any atom is 0.237 e. The molecule has 0 bridgehead atoms. The Morgan fingerprint density at radius 2 is 1.80 bits per heavy atom. The van der Waals surface area contributed by atoms with E-state index in [-0.39, 0.29) is 5.69 Å². The van der Waals surface area contributed by atoms with Gasteiger partial charge in [0.15, 0.2) is 0 Å². The van der Waals surface area contributed by atoms with E-state index in [0.717, 1.165) is 12.1 Å². The van der Waals surface area contributed by atoms with Gasteiger partial charge in [0.05, 0.1) is 11.4 Å². The van der Waals surface area contributed by atoms with Gasteiger partial charge >= 0.3 is 0 Å². The molecule has 0 heterocycles. The van der Waals surface area contributed by atoms with E-state index >= 15 is 0 Å². The van der Waals surface area contributed by atoms with Gasteiger partial charge in [0, 0.05) is 11.8 Å². The van der Waals surface area contributed by atoms with Gasteiger partial charge < -0.3 is 5.73 Å². The lowest BCUT2D eigenvalue weighted by Gasteiger charge is -2.10. The highest BCUT2D eigenvalue weighted by atomic mass is 32.2. The minimum Gasteiger partial charge on any atom is -0.398 e. The molecular weight excluding hydrogens is 286 g/mol. The molecule has 0 aliphatic carbocycles. The molecular formula is C13H12F2N2O2S. The van der Waals surface area contributed by atoms with Gasteiger partial charge in [0.1, 0.15) is 11.6 Å². The number of nitrogen functional groups attached to an aromatic ring is 1. The molecule has 0 aromatic heterocycles. The van der Waals surface area contributed by atoms with Gasteiger partial charge in [-0.3, -0.25) is 4.72 Å². The SMILES string of the molecule is Nc1ccccc1CS(=O)(=O)Nc1ccc(F)cc1F. The van der Waals surface area contributed by atoms with Crippen LogP contribution in [0.5, 0.6) is 0 Å². The monoisotopic (exact) mass is 298 g/mol. The van der Waals surface area contributed by atoms with Crippen molar-refractivity contribution in [3.05, 3.63) is 59.7 Å². The second kappa shape index (κ2) is 5.46. The smallest absolute Gasteiger partial charge is 0.237 e. The lowest BCUT2D eigenvalue weighted by molar-refractivity contribution is 0.582. The molecule has 0 saturated carbocycles. The molecule has 106 valence electrons. The van der Waals surface area contributed by atoms with Crippen LogP contribution in [0.15, 0.2) is 42.5 Å². The Morgan fingerprint density at radius 1 is 1.10 bits per heavy atom. The number of rotatable bonds is 4. The molecule has 0 atom stereocenters. The number of sulfonamides is 1. The van der Waals surface area contributed by atoms with Crippen molar-refractivity contribution in [3.63, 3.8) is 0 Å². The van der Waals surface area contributed by atoms with Crippen molar-refractivity contribution in [1.29, 1.82) is 0 Å². The predicted molar refractivity (Wildman–Crippen MR) is 73.5 cm³/mol. The molecule has 0 unspecified atom stereocenters. The highest BCUT2D eigenvalue weighted by molar-refractivity contribution is 7.91. The minimum atomic E-state index is -3.84. The van der Waals surface area contributed by atoms with Crippen LogP contribution in [-0.2, 0) is 15.8 Å². The lowest BCUT2D eigenvalue weighted by atomic mass is 10.2. The number of hydrogen-bond donors (Lipinski definition) is 2. The lowest BCUT2D eigenvalue weighted by Crippen LogP contribution is -2.16. The van der Waals surface area contributed by atoms with Crippen LogP contribution in [0.3, 0.4) is 0 Å². The summed E-state index contributed by atoms with van der Waals surface area (Å²) in [7, 11) is -3.84. The third-order valence-corrected chi connectivity index (χ3v) is 3.82. The topological polar surface area (TPSA) is 72.2 Å². The van der Waals surface area contributed by atoms with Crippen molar-refractivity contribution in [2.24, 2.45) is 0 Å². The Kier molecular flexibility index (Phi) is 3.89. The third-order valence-electron chi connectivity index (χ3n) is 2.60. The molecule has 0 saturated heterocycles. The number of nitrogens with two attached hydrogens (primary N) is 1. The molecule has 0 fully saturated rings. The number of hydrogen-bond acceptors (Lipinski definition) is 3. The van der Waals surface area contributed by atoms with Crippen molar-refractivity contribution < 1.29 is 17.2 Å². The Hall–Kier alpha value is -2.15. The summed E-state index contributed by atoms with van der Waals surface area (Å²) < 4.78 is 52.1. The molecule has 2 aromatic carbocycles. The fraction of sp³-hybridized carbons (Fsp3) is 0.0769. The second-order valence-electron chi connectivity index (χ2n) is 4.18. The Labute approximate surface area is 115 Å². The second-order valence-corrected chi connectivity index (χ2v) is 5.91. The molecule has 4 nitrogen and oxygen atoms in total. The Bertz CT molecular complexity index is 733. The Morgan fingerprint density at radius 3 is 2.45 bits per heavy atom. The first-order valence-electron chi connectivity index (χ1n) is 5.66. The van der Waals surface area contributed by atoms with Crippen molar-refractivity contribution in [3.8, 4) is 0 Å². The number of benzene rings is 2. The van der Waals surface area contributed by atoms with E-state index in [9.17, 15) is 17.2 Å². The first kappa shape index (κ1) is 14.3. The molecule has 0 amide bonds. The van der Waals surface area contributed by atoms with Gasteiger partial charge in [0.25, 0.3) is 0 Å². The van der Waals surface area contributed by atoms with Gasteiger partial charge in [0.2, 0.25) is 10.0 Å². The normalized spacial score (nSPS) is 11.3. The maximum absolute atomic E-state index is 13.4. The molecule has 2 aromatic rings. The van der Waals surface area contributed by atoms with Crippen LogP contribution in [0.4, 0.5) is 20.2 Å². The number of anilines is 2. The molecule has 0 radical (unpaired) electrons. The zero-order valence-electron chi connectivity index (χ0n) is 10.3. The number of para-hydroxylation sites is 1. The molecule has 7 heteroatoms. The highest BCUT2D eigenvalue weighted by Crippen LogP contribution is 2.19. The zero-order chi connectivity index (χ0) is 14.8. The van der Waals surface area contributed by atoms with Crippen molar-refractivity contribution in [2.45, 2.75) is 5.75 Å². The van der Waals surface area contributed by atoms with Gasteiger partial charge in [-0.25, -0.2) is 17.2 Å². The third kappa shape index (κ3) is 3.45. The van der Waals surface area contributed by atoms with E-state index in [2.05, 4.69) is 4.72 Å². The first-order chi connectivity index (χ1) is 9.37. The van der Waals surface area contributed by atoms with Crippen molar-refractivity contribution in [2.75, 3.05) is 10.5 Å².